The van der Waals surface area contributed by atoms with Gasteiger partial charge in [0, 0.05) is 6.54 Å². The van der Waals surface area contributed by atoms with Crippen LogP contribution in [-0.4, -0.2) is 38.4 Å². The molecular formula is C22H29N5O2S. The second kappa shape index (κ2) is 9.47. The molecule has 1 aromatic carbocycles. The van der Waals surface area contributed by atoms with Gasteiger partial charge >= 0.3 is 0 Å². The van der Waals surface area contributed by atoms with Crippen molar-refractivity contribution in [3.63, 3.8) is 0 Å². The maximum absolute atomic E-state index is 12.3. The van der Waals surface area contributed by atoms with Crippen molar-refractivity contribution >= 4 is 17.7 Å². The first kappa shape index (κ1) is 22.1. The number of benzene rings is 1. The van der Waals surface area contributed by atoms with Gasteiger partial charge in [-0.15, -0.1) is 5.10 Å². The lowest BCUT2D eigenvalue weighted by Crippen LogP contribution is -2.28. The number of carbonyl (C=O) groups excluding carboxylic acids is 1. The third-order valence-corrected chi connectivity index (χ3v) is 5.93. The van der Waals surface area contributed by atoms with Crippen molar-refractivity contribution in [3.05, 3.63) is 58.5 Å². The topological polar surface area (TPSA) is 85.8 Å². The zero-order valence-electron chi connectivity index (χ0n) is 18.2. The maximum atomic E-state index is 12.3. The second-order valence-corrected chi connectivity index (χ2v) is 9.37. The summed E-state index contributed by atoms with van der Waals surface area (Å²) < 4.78 is 6.95. The first-order valence-corrected chi connectivity index (χ1v) is 11.0. The first-order valence-electron chi connectivity index (χ1n) is 10.0. The Labute approximate surface area is 181 Å². The zero-order chi connectivity index (χ0) is 21.7. The fraction of sp³-hybridized carbons (Fsp3) is 0.455. The number of hydrogen-bond donors (Lipinski definition) is 1. The molecule has 2 heterocycles. The summed E-state index contributed by atoms with van der Waals surface area (Å²) >= 11 is 1.31. The number of hydrogen-bond acceptors (Lipinski definition) is 6. The van der Waals surface area contributed by atoms with Gasteiger partial charge in [0.1, 0.15) is 12.3 Å². The number of tetrazole rings is 1. The van der Waals surface area contributed by atoms with Crippen LogP contribution in [0.2, 0.25) is 0 Å². The van der Waals surface area contributed by atoms with Crippen molar-refractivity contribution in [1.82, 2.24) is 25.5 Å². The predicted octanol–water partition coefficient (Wildman–Crippen LogP) is 3.68. The van der Waals surface area contributed by atoms with E-state index in [2.05, 4.69) is 67.6 Å². The number of aryl methyl sites for hydroxylation is 2. The van der Waals surface area contributed by atoms with Crippen molar-refractivity contribution in [1.29, 1.82) is 0 Å². The van der Waals surface area contributed by atoms with Gasteiger partial charge in [0.15, 0.2) is 0 Å². The van der Waals surface area contributed by atoms with E-state index in [1.165, 1.54) is 34.0 Å². The molecule has 1 N–H and O–H groups in total. The Morgan fingerprint density at radius 1 is 1.23 bits per heavy atom. The van der Waals surface area contributed by atoms with Crippen molar-refractivity contribution < 1.29 is 9.21 Å². The molecule has 0 aliphatic carbocycles. The minimum Gasteiger partial charge on any atom is -0.467 e. The van der Waals surface area contributed by atoms with E-state index >= 15 is 0 Å². The van der Waals surface area contributed by atoms with E-state index < -0.39 is 0 Å². The van der Waals surface area contributed by atoms with E-state index in [4.69, 9.17) is 4.42 Å². The largest absolute Gasteiger partial charge is 0.467 e. The van der Waals surface area contributed by atoms with Gasteiger partial charge in [-0.2, -0.15) is 0 Å². The fourth-order valence-corrected chi connectivity index (χ4v) is 3.98. The third kappa shape index (κ3) is 5.72. The molecule has 0 unspecified atom stereocenters. The van der Waals surface area contributed by atoms with Gasteiger partial charge in [0.2, 0.25) is 11.1 Å². The first-order chi connectivity index (χ1) is 14.2. The van der Waals surface area contributed by atoms with Gasteiger partial charge in [-0.1, -0.05) is 44.7 Å². The number of aromatic nitrogens is 4. The molecule has 8 heteroatoms. The number of amides is 1. The number of rotatable bonds is 8. The minimum atomic E-state index is -0.0332. The molecule has 0 radical (unpaired) electrons. The van der Waals surface area contributed by atoms with Crippen LogP contribution in [0.4, 0.5) is 0 Å². The summed E-state index contributed by atoms with van der Waals surface area (Å²) in [6.07, 6.45) is 2.43. The normalized spacial score (nSPS) is 11.6. The molecule has 0 fully saturated rings. The van der Waals surface area contributed by atoms with Crippen molar-refractivity contribution in [3.8, 4) is 0 Å². The summed E-state index contributed by atoms with van der Waals surface area (Å²) in [6, 6.07) is 8.21. The number of carbonyl (C=O) groups is 1. The van der Waals surface area contributed by atoms with E-state index in [0.29, 0.717) is 18.2 Å². The highest BCUT2D eigenvalue weighted by Crippen LogP contribution is 2.27. The lowest BCUT2D eigenvalue weighted by molar-refractivity contribution is -0.118. The molecule has 2 aromatic heterocycles. The highest BCUT2D eigenvalue weighted by molar-refractivity contribution is 7.99. The molecule has 0 bridgehead atoms. The molecule has 1 amide bonds. The minimum absolute atomic E-state index is 0.0332. The molecule has 160 valence electrons. The molecule has 0 saturated heterocycles. The van der Waals surface area contributed by atoms with Crippen molar-refractivity contribution in [2.45, 2.75) is 58.2 Å². The molecule has 7 nitrogen and oxygen atoms in total. The standard InChI is InChI=1S/C22H29N5O2S/c1-15-11-17(22(3,4)5)12-16(2)19(15)8-9-23-20(28)14-30-21-24-25-26-27(21)13-18-7-6-10-29-18/h6-7,10-12H,8-9,13-14H2,1-5H3,(H,23,28). The molecule has 3 rings (SSSR count). The number of thioether (sulfide) groups is 1. The zero-order valence-corrected chi connectivity index (χ0v) is 19.0. The average molecular weight is 428 g/mol. The highest BCUT2D eigenvalue weighted by atomic mass is 32.2. The van der Waals surface area contributed by atoms with E-state index in [9.17, 15) is 4.79 Å². The van der Waals surface area contributed by atoms with E-state index in [1.807, 2.05) is 12.1 Å². The van der Waals surface area contributed by atoms with Crippen LogP contribution in [0.5, 0.6) is 0 Å². The second-order valence-electron chi connectivity index (χ2n) is 8.43. The summed E-state index contributed by atoms with van der Waals surface area (Å²) in [4.78, 5) is 12.3. The van der Waals surface area contributed by atoms with Gasteiger partial charge in [0.05, 0.1) is 12.0 Å². The SMILES string of the molecule is Cc1cc(C(C)(C)C)cc(C)c1CCNC(=O)CSc1nnnn1Cc1ccco1. The molecule has 0 aliphatic heterocycles. The van der Waals surface area contributed by atoms with E-state index in [-0.39, 0.29) is 17.1 Å². The van der Waals surface area contributed by atoms with Crippen LogP contribution in [-0.2, 0) is 23.2 Å². The molecule has 0 spiro atoms. The van der Waals surface area contributed by atoms with Crippen LogP contribution in [0.3, 0.4) is 0 Å². The van der Waals surface area contributed by atoms with Gasteiger partial charge in [-0.3, -0.25) is 4.79 Å². The highest BCUT2D eigenvalue weighted by Gasteiger charge is 2.16. The molecular weight excluding hydrogens is 398 g/mol. The Bertz CT molecular complexity index is 966. The number of furan rings is 1. The summed E-state index contributed by atoms with van der Waals surface area (Å²) in [5, 5.41) is 15.2. The van der Waals surface area contributed by atoms with Crippen LogP contribution in [0.25, 0.3) is 0 Å². The lowest BCUT2D eigenvalue weighted by Gasteiger charge is -2.22. The average Bonchev–Trinajstić information content (AvgIpc) is 3.33. The van der Waals surface area contributed by atoms with Gasteiger partial charge in [0.25, 0.3) is 0 Å². The van der Waals surface area contributed by atoms with Crippen LogP contribution < -0.4 is 5.32 Å². The van der Waals surface area contributed by atoms with Gasteiger partial charge in [-0.25, -0.2) is 4.68 Å². The number of nitrogens with zero attached hydrogens (tertiary/aromatic N) is 4. The Morgan fingerprint density at radius 3 is 2.60 bits per heavy atom. The smallest absolute Gasteiger partial charge is 0.230 e. The van der Waals surface area contributed by atoms with Gasteiger partial charge in [-0.05, 0) is 70.5 Å². The summed E-state index contributed by atoms with van der Waals surface area (Å²) in [7, 11) is 0. The summed E-state index contributed by atoms with van der Waals surface area (Å²) in [5.41, 5.74) is 5.33. The molecule has 0 aliphatic rings. The monoisotopic (exact) mass is 427 g/mol. The maximum Gasteiger partial charge on any atom is 0.230 e. The molecule has 3 aromatic rings. The summed E-state index contributed by atoms with van der Waals surface area (Å²) in [6.45, 7) is 12.0. The molecule has 0 saturated carbocycles. The van der Waals surface area contributed by atoms with E-state index in [0.717, 1.165) is 12.2 Å². The van der Waals surface area contributed by atoms with Crippen LogP contribution >= 0.6 is 11.8 Å². The van der Waals surface area contributed by atoms with E-state index in [1.54, 1.807) is 10.9 Å². The van der Waals surface area contributed by atoms with Crippen LogP contribution in [0.15, 0.2) is 40.1 Å². The Morgan fingerprint density at radius 2 is 1.97 bits per heavy atom. The number of nitrogens with one attached hydrogen (secondary N) is 1. The van der Waals surface area contributed by atoms with Crippen molar-refractivity contribution in [2.24, 2.45) is 0 Å². The molecule has 0 atom stereocenters. The van der Waals surface area contributed by atoms with Gasteiger partial charge < -0.3 is 9.73 Å². The quantitative estimate of drug-likeness (QED) is 0.552. The Hall–Kier alpha value is -2.61. The lowest BCUT2D eigenvalue weighted by atomic mass is 9.83. The molecule has 30 heavy (non-hydrogen) atoms. The summed E-state index contributed by atoms with van der Waals surface area (Å²) in [5.74, 6) is 0.991. The fourth-order valence-electron chi connectivity index (χ4n) is 3.28. The predicted molar refractivity (Wildman–Crippen MR) is 118 cm³/mol. The van der Waals surface area contributed by atoms with Crippen molar-refractivity contribution in [2.75, 3.05) is 12.3 Å². The Balaban J connectivity index is 1.49. The van der Waals surface area contributed by atoms with Crippen LogP contribution in [0, 0.1) is 13.8 Å². The Kier molecular flexibility index (Phi) is 6.97. The van der Waals surface area contributed by atoms with Crippen LogP contribution in [0.1, 0.15) is 48.8 Å². The third-order valence-electron chi connectivity index (χ3n) is 4.98.